The number of nitrogens with zero attached hydrogens (tertiary/aromatic N) is 3. The van der Waals surface area contributed by atoms with Gasteiger partial charge in [0.05, 0.1) is 16.8 Å². The van der Waals surface area contributed by atoms with E-state index in [9.17, 15) is 14.4 Å². The Morgan fingerprint density at radius 2 is 1.80 bits per heavy atom. The van der Waals surface area contributed by atoms with Crippen LogP contribution >= 0.6 is 0 Å². The molecule has 3 amide bonds. The van der Waals surface area contributed by atoms with Crippen molar-refractivity contribution in [2.75, 3.05) is 11.9 Å². The van der Waals surface area contributed by atoms with Gasteiger partial charge in [-0.25, -0.2) is 0 Å². The zero-order valence-corrected chi connectivity index (χ0v) is 16.6. The molecule has 0 bridgehead atoms. The molecule has 0 radical (unpaired) electrons. The normalized spacial score (nSPS) is 12.9. The summed E-state index contributed by atoms with van der Waals surface area (Å²) in [7, 11) is 0. The molecular formula is C22H20N4O4. The van der Waals surface area contributed by atoms with E-state index < -0.39 is 0 Å². The Labute approximate surface area is 172 Å². The first-order chi connectivity index (χ1) is 14.4. The molecule has 0 atom stereocenters. The van der Waals surface area contributed by atoms with Gasteiger partial charge in [0.2, 0.25) is 17.6 Å². The molecule has 8 heteroatoms. The Morgan fingerprint density at radius 1 is 1.03 bits per heavy atom. The lowest BCUT2D eigenvalue weighted by molar-refractivity contribution is -0.116. The molecule has 1 aliphatic rings. The Kier molecular flexibility index (Phi) is 5.14. The fraction of sp³-hybridized carbons (Fsp3) is 0.227. The van der Waals surface area contributed by atoms with E-state index in [1.807, 2.05) is 19.1 Å². The highest BCUT2D eigenvalue weighted by atomic mass is 16.5. The van der Waals surface area contributed by atoms with Gasteiger partial charge in [-0.3, -0.25) is 19.3 Å². The van der Waals surface area contributed by atoms with Crippen molar-refractivity contribution < 1.29 is 18.9 Å². The zero-order valence-electron chi connectivity index (χ0n) is 16.6. The van der Waals surface area contributed by atoms with Crippen LogP contribution in [0.1, 0.15) is 45.0 Å². The molecule has 2 aromatic carbocycles. The van der Waals surface area contributed by atoms with Crippen molar-refractivity contribution in [2.45, 2.75) is 26.7 Å². The van der Waals surface area contributed by atoms with Crippen LogP contribution in [-0.2, 0) is 4.79 Å². The van der Waals surface area contributed by atoms with Crippen molar-refractivity contribution >= 4 is 23.4 Å². The number of hydrogen-bond acceptors (Lipinski definition) is 6. The molecule has 3 aromatic rings. The summed E-state index contributed by atoms with van der Waals surface area (Å²) in [6.45, 7) is 3.75. The summed E-state index contributed by atoms with van der Waals surface area (Å²) in [4.78, 5) is 42.8. The smallest absolute Gasteiger partial charge is 0.261 e. The molecule has 0 saturated carbocycles. The number of fused-ring (bicyclic) bond motifs is 1. The number of rotatable bonds is 6. The molecule has 0 spiro atoms. The zero-order chi connectivity index (χ0) is 21.3. The van der Waals surface area contributed by atoms with Crippen LogP contribution in [0.4, 0.5) is 5.69 Å². The predicted octanol–water partition coefficient (Wildman–Crippen LogP) is 3.37. The number of imide groups is 1. The summed E-state index contributed by atoms with van der Waals surface area (Å²) in [6, 6.07) is 12.4. The van der Waals surface area contributed by atoms with E-state index in [0.717, 1.165) is 5.56 Å². The van der Waals surface area contributed by atoms with Crippen molar-refractivity contribution in [3.05, 3.63) is 65.0 Å². The minimum Gasteiger partial charge on any atom is -0.339 e. The second-order valence-corrected chi connectivity index (χ2v) is 7.15. The van der Waals surface area contributed by atoms with Gasteiger partial charge in [0.25, 0.3) is 11.8 Å². The number of carbonyl (C=O) groups is 3. The maximum absolute atomic E-state index is 12.5. The molecule has 1 aliphatic heterocycles. The van der Waals surface area contributed by atoms with Gasteiger partial charge in [0.1, 0.15) is 0 Å². The van der Waals surface area contributed by atoms with E-state index in [2.05, 4.69) is 15.5 Å². The van der Waals surface area contributed by atoms with Gasteiger partial charge in [-0.1, -0.05) is 28.9 Å². The minimum atomic E-state index is -0.312. The van der Waals surface area contributed by atoms with Crippen molar-refractivity contribution in [3.63, 3.8) is 0 Å². The summed E-state index contributed by atoms with van der Waals surface area (Å²) in [5, 5.41) is 6.73. The first kappa shape index (κ1) is 19.5. The summed E-state index contributed by atoms with van der Waals surface area (Å²) in [6.07, 6.45) is 0.520. The van der Waals surface area contributed by atoms with Crippen molar-refractivity contribution in [1.82, 2.24) is 15.0 Å². The molecule has 1 N–H and O–H groups in total. The summed E-state index contributed by atoms with van der Waals surface area (Å²) < 4.78 is 5.01. The van der Waals surface area contributed by atoms with Crippen LogP contribution in [0.3, 0.4) is 0 Å². The maximum Gasteiger partial charge on any atom is 0.261 e. The number of nitrogens with one attached hydrogen (secondary N) is 1. The number of aromatic nitrogens is 2. The van der Waals surface area contributed by atoms with E-state index >= 15 is 0 Å². The van der Waals surface area contributed by atoms with Gasteiger partial charge in [0.15, 0.2) is 0 Å². The second-order valence-electron chi connectivity index (χ2n) is 7.15. The topological polar surface area (TPSA) is 105 Å². The van der Waals surface area contributed by atoms with Gasteiger partial charge < -0.3 is 9.84 Å². The van der Waals surface area contributed by atoms with Crippen molar-refractivity contribution in [2.24, 2.45) is 0 Å². The Balaban J connectivity index is 1.37. The number of carbonyl (C=O) groups excluding carboxylic acids is 3. The molecular weight excluding hydrogens is 384 g/mol. The van der Waals surface area contributed by atoms with Crippen LogP contribution in [0, 0.1) is 13.8 Å². The summed E-state index contributed by atoms with van der Waals surface area (Å²) in [5.74, 6) is -0.0211. The van der Waals surface area contributed by atoms with E-state index in [0.29, 0.717) is 40.5 Å². The number of hydrogen-bond donors (Lipinski definition) is 1. The third-order valence-corrected chi connectivity index (χ3v) is 4.88. The highest BCUT2D eigenvalue weighted by Gasteiger charge is 2.34. The largest absolute Gasteiger partial charge is 0.339 e. The lowest BCUT2D eigenvalue weighted by atomic mass is 10.1. The standard InChI is InChI=1S/C22H20N4O4/c1-13-9-10-15-17(12-13)22(29)26(21(15)28)11-5-8-19(27)24-18-7-4-3-6-16(18)20-23-14(2)30-25-20/h3-4,6-7,9-10,12H,5,8,11H2,1-2H3,(H,24,27). The van der Waals surface area contributed by atoms with Gasteiger partial charge >= 0.3 is 0 Å². The number of benzene rings is 2. The highest BCUT2D eigenvalue weighted by Crippen LogP contribution is 2.26. The Bertz CT molecular complexity index is 1150. The van der Waals surface area contributed by atoms with Gasteiger partial charge in [0, 0.05) is 25.5 Å². The van der Waals surface area contributed by atoms with Crippen LogP contribution in [0.25, 0.3) is 11.4 Å². The van der Waals surface area contributed by atoms with Crippen LogP contribution < -0.4 is 5.32 Å². The highest BCUT2D eigenvalue weighted by molar-refractivity contribution is 6.21. The molecule has 1 aromatic heterocycles. The molecule has 0 unspecified atom stereocenters. The van der Waals surface area contributed by atoms with Crippen LogP contribution in [0.5, 0.6) is 0 Å². The lowest BCUT2D eigenvalue weighted by Gasteiger charge is -2.14. The maximum atomic E-state index is 12.5. The van der Waals surface area contributed by atoms with E-state index in [1.54, 1.807) is 37.3 Å². The SMILES string of the molecule is Cc1ccc2c(c1)C(=O)N(CCCC(=O)Nc1ccccc1-c1noc(C)n1)C2=O. The third-order valence-electron chi connectivity index (χ3n) is 4.88. The monoisotopic (exact) mass is 404 g/mol. The minimum absolute atomic E-state index is 0.159. The Hall–Kier alpha value is -3.81. The molecule has 8 nitrogen and oxygen atoms in total. The predicted molar refractivity (Wildman–Crippen MR) is 109 cm³/mol. The molecule has 30 heavy (non-hydrogen) atoms. The molecule has 2 heterocycles. The van der Waals surface area contributed by atoms with Crippen LogP contribution in [0.15, 0.2) is 47.0 Å². The third kappa shape index (κ3) is 3.71. The van der Waals surface area contributed by atoms with Crippen LogP contribution in [0.2, 0.25) is 0 Å². The number of aryl methyl sites for hydroxylation is 2. The molecule has 0 fully saturated rings. The van der Waals surface area contributed by atoms with E-state index in [4.69, 9.17) is 4.52 Å². The van der Waals surface area contributed by atoms with Crippen LogP contribution in [-0.4, -0.2) is 39.3 Å². The van der Waals surface area contributed by atoms with Crippen molar-refractivity contribution in [3.8, 4) is 11.4 Å². The average Bonchev–Trinajstić information content (AvgIpc) is 3.25. The fourth-order valence-corrected chi connectivity index (χ4v) is 3.41. The number of amides is 3. The quantitative estimate of drug-likeness (QED) is 0.632. The summed E-state index contributed by atoms with van der Waals surface area (Å²) in [5.41, 5.74) is 2.98. The van der Waals surface area contributed by atoms with Crippen molar-refractivity contribution in [1.29, 1.82) is 0 Å². The van der Waals surface area contributed by atoms with Gasteiger partial charge in [-0.15, -0.1) is 0 Å². The first-order valence-corrected chi connectivity index (χ1v) is 9.60. The first-order valence-electron chi connectivity index (χ1n) is 9.60. The van der Waals surface area contributed by atoms with E-state index in [-0.39, 0.29) is 30.7 Å². The average molecular weight is 404 g/mol. The van der Waals surface area contributed by atoms with E-state index in [1.165, 1.54) is 4.90 Å². The number of para-hydroxylation sites is 1. The molecule has 0 aliphatic carbocycles. The molecule has 0 saturated heterocycles. The summed E-state index contributed by atoms with van der Waals surface area (Å²) >= 11 is 0. The number of anilines is 1. The molecule has 4 rings (SSSR count). The van der Waals surface area contributed by atoms with Gasteiger partial charge in [-0.05, 0) is 37.6 Å². The second kappa shape index (κ2) is 7.90. The lowest BCUT2D eigenvalue weighted by Crippen LogP contribution is -2.31. The fourth-order valence-electron chi connectivity index (χ4n) is 3.41. The molecule has 152 valence electrons. The van der Waals surface area contributed by atoms with Gasteiger partial charge in [-0.2, -0.15) is 4.98 Å². The Morgan fingerprint density at radius 3 is 2.57 bits per heavy atom.